The van der Waals surface area contributed by atoms with Gasteiger partial charge < -0.3 is 4.74 Å². The van der Waals surface area contributed by atoms with Gasteiger partial charge in [0.2, 0.25) is 0 Å². The van der Waals surface area contributed by atoms with Gasteiger partial charge in [-0.1, -0.05) is 0 Å². The van der Waals surface area contributed by atoms with Gasteiger partial charge in [0.05, 0.1) is 12.6 Å². The van der Waals surface area contributed by atoms with Crippen LogP contribution in [0.5, 0.6) is 5.75 Å². The van der Waals surface area contributed by atoms with Gasteiger partial charge in [-0.25, -0.2) is 9.37 Å². The van der Waals surface area contributed by atoms with Crippen LogP contribution >= 0.6 is 0 Å². The highest BCUT2D eigenvalue weighted by Gasteiger charge is 2.04. The minimum Gasteiger partial charge on any atom is -0.497 e. The molecule has 0 atom stereocenters. The first-order valence-corrected chi connectivity index (χ1v) is 3.75. The summed E-state index contributed by atoms with van der Waals surface area (Å²) in [5.74, 6) is 0.0351. The number of rotatable bonds is 1. The van der Waals surface area contributed by atoms with E-state index in [1.165, 1.54) is 25.6 Å². The van der Waals surface area contributed by atoms with Crippen molar-refractivity contribution in [2.75, 3.05) is 7.11 Å². The van der Waals surface area contributed by atoms with Crippen molar-refractivity contribution in [2.45, 2.75) is 0 Å². The van der Waals surface area contributed by atoms with E-state index in [-0.39, 0.29) is 5.52 Å². The summed E-state index contributed by atoms with van der Waals surface area (Å²) in [5.41, 5.74) is 0.766. The second kappa shape index (κ2) is 2.97. The molecular weight excluding hydrogens is 171 g/mol. The summed E-state index contributed by atoms with van der Waals surface area (Å²) in [4.78, 5) is 7.83. The molecule has 0 aliphatic rings. The number of hydrogen-bond acceptors (Lipinski definition) is 3. The maximum atomic E-state index is 13.3. The molecule has 0 aliphatic heterocycles. The predicted octanol–water partition coefficient (Wildman–Crippen LogP) is 1.78. The molecule has 66 valence electrons. The quantitative estimate of drug-likeness (QED) is 0.667. The van der Waals surface area contributed by atoms with Crippen molar-refractivity contribution >= 4 is 11.0 Å². The molecule has 4 heteroatoms. The van der Waals surface area contributed by atoms with Gasteiger partial charge in [-0.15, -0.1) is 0 Å². The zero-order valence-electron chi connectivity index (χ0n) is 6.99. The van der Waals surface area contributed by atoms with Crippen LogP contribution in [0.3, 0.4) is 0 Å². The summed E-state index contributed by atoms with van der Waals surface area (Å²) in [6.45, 7) is 0. The molecule has 1 aromatic heterocycles. The minimum atomic E-state index is -0.414. The number of fused-ring (bicyclic) bond motifs is 1. The molecular formula is C9H7FN2O. The monoisotopic (exact) mass is 178 g/mol. The van der Waals surface area contributed by atoms with Gasteiger partial charge >= 0.3 is 0 Å². The van der Waals surface area contributed by atoms with Crippen molar-refractivity contribution in [3.63, 3.8) is 0 Å². The second-order valence-corrected chi connectivity index (χ2v) is 2.53. The number of methoxy groups -OCH3 is 1. The molecule has 13 heavy (non-hydrogen) atoms. The fourth-order valence-corrected chi connectivity index (χ4v) is 1.13. The Balaban J connectivity index is 2.77. The van der Waals surface area contributed by atoms with Crippen LogP contribution in [-0.4, -0.2) is 17.1 Å². The number of ether oxygens (including phenoxy) is 1. The second-order valence-electron chi connectivity index (χ2n) is 2.53. The van der Waals surface area contributed by atoms with E-state index in [0.29, 0.717) is 11.3 Å². The maximum Gasteiger partial charge on any atom is 0.154 e. The number of benzene rings is 1. The topological polar surface area (TPSA) is 35.0 Å². The summed E-state index contributed by atoms with van der Waals surface area (Å²) in [6, 6.07) is 2.93. The largest absolute Gasteiger partial charge is 0.497 e. The van der Waals surface area contributed by atoms with Gasteiger partial charge in [0.25, 0.3) is 0 Å². The van der Waals surface area contributed by atoms with Crippen LogP contribution < -0.4 is 4.74 Å². The molecule has 0 bridgehead atoms. The lowest BCUT2D eigenvalue weighted by Gasteiger charge is -2.01. The Morgan fingerprint density at radius 1 is 1.23 bits per heavy atom. The molecule has 0 amide bonds. The molecule has 0 N–H and O–H groups in total. The lowest BCUT2D eigenvalue weighted by molar-refractivity contribution is 0.412. The number of nitrogens with zero attached hydrogens (tertiary/aromatic N) is 2. The molecule has 0 fully saturated rings. The minimum absolute atomic E-state index is 0.267. The average molecular weight is 178 g/mol. The van der Waals surface area contributed by atoms with E-state index in [1.54, 1.807) is 6.07 Å². The Bertz CT molecular complexity index is 445. The van der Waals surface area contributed by atoms with Crippen molar-refractivity contribution < 1.29 is 9.13 Å². The zero-order valence-corrected chi connectivity index (χ0v) is 6.99. The van der Waals surface area contributed by atoms with Crippen LogP contribution in [0.15, 0.2) is 24.5 Å². The molecule has 0 saturated carbocycles. The highest BCUT2D eigenvalue weighted by atomic mass is 19.1. The maximum absolute atomic E-state index is 13.3. The Morgan fingerprint density at radius 2 is 2.00 bits per heavy atom. The highest BCUT2D eigenvalue weighted by molar-refractivity contribution is 5.76. The molecule has 0 saturated heterocycles. The molecule has 1 aromatic carbocycles. The Kier molecular flexibility index (Phi) is 1.81. The molecule has 1 heterocycles. The number of aromatic nitrogens is 2. The van der Waals surface area contributed by atoms with Crippen LogP contribution in [0.1, 0.15) is 0 Å². The van der Waals surface area contributed by atoms with Crippen molar-refractivity contribution in [1.82, 2.24) is 9.97 Å². The van der Waals surface area contributed by atoms with Crippen LogP contribution in [-0.2, 0) is 0 Å². The van der Waals surface area contributed by atoms with Crippen LogP contribution in [0, 0.1) is 5.82 Å². The van der Waals surface area contributed by atoms with Gasteiger partial charge in [-0.2, -0.15) is 0 Å². The summed E-state index contributed by atoms with van der Waals surface area (Å²) in [5, 5.41) is 0. The van der Waals surface area contributed by atoms with Gasteiger partial charge in [0.15, 0.2) is 5.82 Å². The molecule has 0 spiro atoms. The normalized spacial score (nSPS) is 10.3. The zero-order chi connectivity index (χ0) is 9.26. The fourth-order valence-electron chi connectivity index (χ4n) is 1.13. The number of hydrogen-bond donors (Lipinski definition) is 0. The predicted molar refractivity (Wildman–Crippen MR) is 46.0 cm³/mol. The lowest BCUT2D eigenvalue weighted by atomic mass is 10.2. The first-order chi connectivity index (χ1) is 6.31. The summed E-state index contributed by atoms with van der Waals surface area (Å²) in [6.07, 6.45) is 2.97. The number of halogens is 1. The van der Waals surface area contributed by atoms with Crippen LogP contribution in [0.25, 0.3) is 11.0 Å². The first-order valence-electron chi connectivity index (χ1n) is 3.75. The van der Waals surface area contributed by atoms with E-state index in [2.05, 4.69) is 9.97 Å². The molecule has 2 aromatic rings. The van der Waals surface area contributed by atoms with Crippen LogP contribution in [0.2, 0.25) is 0 Å². The van der Waals surface area contributed by atoms with E-state index in [0.717, 1.165) is 0 Å². The Labute approximate surface area is 74.2 Å². The Morgan fingerprint density at radius 3 is 2.77 bits per heavy atom. The van der Waals surface area contributed by atoms with Crippen molar-refractivity contribution in [3.8, 4) is 5.75 Å². The summed E-state index contributed by atoms with van der Waals surface area (Å²) >= 11 is 0. The van der Waals surface area contributed by atoms with Gasteiger partial charge in [0.1, 0.15) is 11.3 Å². The standard InChI is InChI=1S/C9H7FN2O/c1-13-6-4-7(10)9-8(5-6)11-2-3-12-9/h2-5H,1H3. The average Bonchev–Trinajstić information content (AvgIpc) is 2.18. The third-order valence-electron chi connectivity index (χ3n) is 1.74. The third kappa shape index (κ3) is 1.30. The van der Waals surface area contributed by atoms with Gasteiger partial charge in [-0.05, 0) is 0 Å². The third-order valence-corrected chi connectivity index (χ3v) is 1.74. The molecule has 0 unspecified atom stereocenters. The van der Waals surface area contributed by atoms with Crippen molar-refractivity contribution in [1.29, 1.82) is 0 Å². The van der Waals surface area contributed by atoms with Gasteiger partial charge in [-0.3, -0.25) is 4.98 Å². The SMILES string of the molecule is COc1cc(F)c2nccnc2c1. The summed E-state index contributed by atoms with van der Waals surface area (Å²) in [7, 11) is 1.48. The molecule has 3 nitrogen and oxygen atoms in total. The first kappa shape index (κ1) is 7.91. The van der Waals surface area contributed by atoms with Crippen molar-refractivity contribution in [2.24, 2.45) is 0 Å². The van der Waals surface area contributed by atoms with Crippen molar-refractivity contribution in [3.05, 3.63) is 30.3 Å². The van der Waals surface area contributed by atoms with E-state index < -0.39 is 5.82 Å². The van der Waals surface area contributed by atoms with Gasteiger partial charge in [0, 0.05) is 24.5 Å². The molecule has 0 aliphatic carbocycles. The van der Waals surface area contributed by atoms with E-state index in [9.17, 15) is 4.39 Å². The lowest BCUT2D eigenvalue weighted by Crippen LogP contribution is -1.89. The molecule has 0 radical (unpaired) electrons. The fraction of sp³-hybridized carbons (Fsp3) is 0.111. The van der Waals surface area contributed by atoms with E-state index in [1.807, 2.05) is 0 Å². The van der Waals surface area contributed by atoms with Crippen LogP contribution in [0.4, 0.5) is 4.39 Å². The summed E-state index contributed by atoms with van der Waals surface area (Å²) < 4.78 is 18.1. The Hall–Kier alpha value is -1.71. The smallest absolute Gasteiger partial charge is 0.154 e. The van der Waals surface area contributed by atoms with E-state index in [4.69, 9.17) is 4.74 Å². The van der Waals surface area contributed by atoms with E-state index >= 15 is 0 Å². The highest BCUT2D eigenvalue weighted by Crippen LogP contribution is 2.20. The molecule has 2 rings (SSSR count).